The Kier molecular flexibility index (Phi) is 3.32. The molecule has 0 spiro atoms. The van der Waals surface area contributed by atoms with Gasteiger partial charge in [0.2, 0.25) is 0 Å². The third kappa shape index (κ3) is 2.81. The van der Waals surface area contributed by atoms with Crippen molar-refractivity contribution < 1.29 is 31.4 Å². The van der Waals surface area contributed by atoms with Crippen molar-refractivity contribution in [1.29, 1.82) is 0 Å². The predicted molar refractivity (Wildman–Crippen MR) is 46.9 cm³/mol. The summed E-state index contributed by atoms with van der Waals surface area (Å²) in [7, 11) is 0. The number of nitrogens with two attached hydrogens (primary N) is 1. The van der Waals surface area contributed by atoms with Crippen LogP contribution < -0.4 is 5.73 Å². The van der Waals surface area contributed by atoms with E-state index in [1.165, 1.54) is 0 Å². The van der Waals surface area contributed by atoms with Crippen LogP contribution >= 0.6 is 0 Å². The summed E-state index contributed by atoms with van der Waals surface area (Å²) in [6.45, 7) is 0. The van der Waals surface area contributed by atoms with Gasteiger partial charge in [-0.15, -0.1) is 0 Å². The minimum Gasteiger partial charge on any atom is -0.372 e. The van der Waals surface area contributed by atoms with Crippen molar-refractivity contribution in [3.63, 3.8) is 0 Å². The molecule has 98 valence electrons. The van der Waals surface area contributed by atoms with Gasteiger partial charge >= 0.3 is 12.1 Å². The fraction of sp³-hybridized carbons (Fsp3) is 0.556. The molecule has 2 atom stereocenters. The number of rotatable bonds is 2. The first kappa shape index (κ1) is 14.0. The number of alkyl halides is 6. The minimum absolute atomic E-state index is 0.437. The van der Waals surface area contributed by atoms with E-state index in [0.717, 1.165) is 6.08 Å². The van der Waals surface area contributed by atoms with Gasteiger partial charge in [0.1, 0.15) is 5.72 Å². The molecule has 3 N–H and O–H groups in total. The maximum absolute atomic E-state index is 13.1. The van der Waals surface area contributed by atoms with Gasteiger partial charge in [-0.05, 0) is 11.6 Å². The molecule has 0 radical (unpaired) electrons. The van der Waals surface area contributed by atoms with Crippen LogP contribution in [0.1, 0.15) is 6.42 Å². The Morgan fingerprint density at radius 1 is 1.29 bits per heavy atom. The second-order valence-corrected chi connectivity index (χ2v) is 3.72. The zero-order valence-corrected chi connectivity index (χ0v) is 8.31. The largest absolute Gasteiger partial charge is 0.456 e. The average Bonchev–Trinajstić information content (AvgIpc) is 2.15. The summed E-state index contributed by atoms with van der Waals surface area (Å²) in [4.78, 5) is 0. The summed E-state index contributed by atoms with van der Waals surface area (Å²) in [5, 5.41) is 9.15. The van der Waals surface area contributed by atoms with Crippen molar-refractivity contribution in [1.82, 2.24) is 0 Å². The van der Waals surface area contributed by atoms with E-state index in [0.29, 0.717) is 12.2 Å². The molecule has 0 aromatic heterocycles. The van der Waals surface area contributed by atoms with Crippen LogP contribution in [0.3, 0.4) is 0 Å². The van der Waals surface area contributed by atoms with Crippen LogP contribution in [0.15, 0.2) is 23.8 Å². The molecule has 2 unspecified atom stereocenters. The molecule has 0 aromatic carbocycles. The Labute approximate surface area is 92.4 Å². The van der Waals surface area contributed by atoms with Gasteiger partial charge in [-0.3, -0.25) is 0 Å². The van der Waals surface area contributed by atoms with E-state index in [1.54, 1.807) is 0 Å². The van der Waals surface area contributed by atoms with E-state index in [9.17, 15) is 26.3 Å². The van der Waals surface area contributed by atoms with Gasteiger partial charge in [-0.1, -0.05) is 12.2 Å². The summed E-state index contributed by atoms with van der Waals surface area (Å²) in [5.41, 5.74) is 2.42. The van der Waals surface area contributed by atoms with Gasteiger partial charge in [-0.25, -0.2) is 4.39 Å². The zero-order valence-electron chi connectivity index (χ0n) is 8.31. The van der Waals surface area contributed by atoms with Gasteiger partial charge in [0.25, 0.3) is 0 Å². The highest BCUT2D eigenvalue weighted by molar-refractivity contribution is 5.32. The summed E-state index contributed by atoms with van der Waals surface area (Å²) >= 11 is 0. The van der Waals surface area contributed by atoms with E-state index in [4.69, 9.17) is 10.8 Å². The standard InChI is InChI=1S/C9H9F6NO/c10-6(8(11,12)9(13,14)15)5-1-3-7(16,17)4-2-5/h1-3,6,17H,4,16H2. The van der Waals surface area contributed by atoms with Gasteiger partial charge in [0.15, 0.2) is 6.17 Å². The smallest absolute Gasteiger partial charge is 0.372 e. The maximum Gasteiger partial charge on any atom is 0.456 e. The first-order chi connectivity index (χ1) is 7.47. The number of hydrogen-bond donors (Lipinski definition) is 2. The van der Waals surface area contributed by atoms with Gasteiger partial charge in [0, 0.05) is 6.42 Å². The lowest BCUT2D eigenvalue weighted by Crippen LogP contribution is -2.46. The molecule has 17 heavy (non-hydrogen) atoms. The van der Waals surface area contributed by atoms with Crippen molar-refractivity contribution in [3.05, 3.63) is 23.8 Å². The third-order valence-corrected chi connectivity index (χ3v) is 2.22. The van der Waals surface area contributed by atoms with Crippen LogP contribution in [0.4, 0.5) is 26.3 Å². The van der Waals surface area contributed by atoms with Gasteiger partial charge in [-0.2, -0.15) is 22.0 Å². The summed E-state index contributed by atoms with van der Waals surface area (Å²) in [6.07, 6.45) is -7.83. The van der Waals surface area contributed by atoms with Crippen molar-refractivity contribution in [2.75, 3.05) is 0 Å². The van der Waals surface area contributed by atoms with Crippen LogP contribution in [-0.2, 0) is 0 Å². The van der Waals surface area contributed by atoms with Crippen LogP contribution in [0.5, 0.6) is 0 Å². The highest BCUT2D eigenvalue weighted by atomic mass is 19.4. The van der Waals surface area contributed by atoms with Gasteiger partial charge < -0.3 is 10.8 Å². The Morgan fingerprint density at radius 3 is 2.18 bits per heavy atom. The van der Waals surface area contributed by atoms with Gasteiger partial charge in [0.05, 0.1) is 0 Å². The van der Waals surface area contributed by atoms with E-state index in [1.807, 2.05) is 0 Å². The molecule has 0 saturated heterocycles. The zero-order chi connectivity index (χ0) is 13.5. The molecule has 0 aliphatic heterocycles. The lowest BCUT2D eigenvalue weighted by Gasteiger charge is -2.27. The lowest BCUT2D eigenvalue weighted by molar-refractivity contribution is -0.298. The monoisotopic (exact) mass is 261 g/mol. The first-order valence-corrected chi connectivity index (χ1v) is 4.46. The Morgan fingerprint density at radius 2 is 1.82 bits per heavy atom. The third-order valence-electron chi connectivity index (χ3n) is 2.22. The fourth-order valence-electron chi connectivity index (χ4n) is 1.20. The topological polar surface area (TPSA) is 46.2 Å². The quantitative estimate of drug-likeness (QED) is 0.590. The molecule has 8 heteroatoms. The van der Waals surface area contributed by atoms with E-state index in [-0.39, 0.29) is 0 Å². The second-order valence-electron chi connectivity index (χ2n) is 3.72. The normalized spacial score (nSPS) is 27.9. The molecule has 0 fully saturated rings. The number of halogens is 6. The molecule has 0 saturated carbocycles. The minimum atomic E-state index is -5.97. The molecule has 0 amide bonds. The van der Waals surface area contributed by atoms with Crippen LogP contribution in [0, 0.1) is 0 Å². The maximum atomic E-state index is 13.1. The van der Waals surface area contributed by atoms with E-state index in [2.05, 4.69) is 0 Å². The molecule has 1 aliphatic rings. The summed E-state index contributed by atoms with van der Waals surface area (Å²) in [5.74, 6) is -5.48. The fourth-order valence-corrected chi connectivity index (χ4v) is 1.20. The number of hydrogen-bond acceptors (Lipinski definition) is 2. The Balaban J connectivity index is 2.91. The molecule has 0 aromatic rings. The molecule has 0 heterocycles. The highest BCUT2D eigenvalue weighted by Crippen LogP contribution is 2.42. The van der Waals surface area contributed by atoms with Crippen LogP contribution in [0.25, 0.3) is 0 Å². The van der Waals surface area contributed by atoms with Crippen LogP contribution in [0.2, 0.25) is 0 Å². The second kappa shape index (κ2) is 4.02. The SMILES string of the molecule is NC1(O)C=CC(C(F)C(F)(F)C(F)(F)F)=CC1. The molecule has 1 rings (SSSR count). The molecular formula is C9H9F6NO. The van der Waals surface area contributed by atoms with Crippen molar-refractivity contribution in [2.24, 2.45) is 5.73 Å². The van der Waals surface area contributed by atoms with Crippen LogP contribution in [-0.4, -0.2) is 29.1 Å². The van der Waals surface area contributed by atoms with Crippen molar-refractivity contribution >= 4 is 0 Å². The first-order valence-electron chi connectivity index (χ1n) is 4.46. The molecular weight excluding hydrogens is 252 g/mol. The highest BCUT2D eigenvalue weighted by Gasteiger charge is 2.63. The Bertz CT molecular complexity index is 357. The number of aliphatic hydroxyl groups is 1. The Hall–Kier alpha value is -1.02. The molecule has 1 aliphatic carbocycles. The van der Waals surface area contributed by atoms with E-state index >= 15 is 0 Å². The molecule has 2 nitrogen and oxygen atoms in total. The van der Waals surface area contributed by atoms with E-state index < -0.39 is 36.0 Å². The summed E-state index contributed by atoms with van der Waals surface area (Å²) < 4.78 is 74.0. The number of allylic oxidation sites excluding steroid dienone is 2. The molecule has 0 bridgehead atoms. The van der Waals surface area contributed by atoms with Crippen molar-refractivity contribution in [2.45, 2.75) is 30.4 Å². The lowest BCUT2D eigenvalue weighted by atomic mass is 9.95. The van der Waals surface area contributed by atoms with Crippen molar-refractivity contribution in [3.8, 4) is 0 Å². The average molecular weight is 261 g/mol. The summed E-state index contributed by atoms with van der Waals surface area (Å²) in [6, 6.07) is 0. The predicted octanol–water partition coefficient (Wildman–Crippen LogP) is 2.06.